The van der Waals surface area contributed by atoms with Gasteiger partial charge in [-0.2, -0.15) is 0 Å². The van der Waals surface area contributed by atoms with Crippen LogP contribution in [0.1, 0.15) is 11.1 Å². The van der Waals surface area contributed by atoms with Crippen LogP contribution in [0.5, 0.6) is 0 Å². The molecule has 82 heavy (non-hydrogen) atoms. The first-order valence-electron chi connectivity index (χ1n) is 28.1. The molecule has 6 nitrogen and oxygen atoms in total. The molecular weight excluding hydrogens is 1000 g/mol. The standard InChI is InChI=1S/C76H50N4O2/c1-47-17-13-23-53(43-47)77(67-29-15-27-65-59-25-9-11-31-69(59)81-75(65)67)55-35-39-57-49(45-55)33-37-61-63-41-42-64-62-38-34-50-46-56(78(54-24-14-18-48(2)44-54)68-30-16-28-66-60-26-10-12-32-70(60)82-76(66)68)36-40-58(50)72(62)80(52-21-7-4-8-22-52)74(64)73(63)79(71(57)61)51-19-5-3-6-20-51/h3-46H,1-2H3. The zero-order valence-electron chi connectivity index (χ0n) is 45.0. The van der Waals surface area contributed by atoms with E-state index in [2.05, 4.69) is 288 Å². The number of benzene rings is 13. The van der Waals surface area contributed by atoms with Gasteiger partial charge in [0.15, 0.2) is 11.2 Å². The van der Waals surface area contributed by atoms with Crippen LogP contribution >= 0.6 is 0 Å². The lowest BCUT2D eigenvalue weighted by molar-refractivity contribution is 0.668. The summed E-state index contributed by atoms with van der Waals surface area (Å²) in [4.78, 5) is 4.70. The van der Waals surface area contributed by atoms with E-state index >= 15 is 0 Å². The summed E-state index contributed by atoms with van der Waals surface area (Å²) in [7, 11) is 0. The third-order valence-corrected chi connectivity index (χ3v) is 16.9. The van der Waals surface area contributed by atoms with E-state index in [1.54, 1.807) is 0 Å². The largest absolute Gasteiger partial charge is 0.454 e. The summed E-state index contributed by atoms with van der Waals surface area (Å²) < 4.78 is 18.5. The van der Waals surface area contributed by atoms with Gasteiger partial charge in [0.2, 0.25) is 0 Å². The fourth-order valence-electron chi connectivity index (χ4n) is 13.4. The zero-order valence-corrected chi connectivity index (χ0v) is 45.0. The molecule has 0 fully saturated rings. The average molecular weight is 1050 g/mol. The average Bonchev–Trinajstić information content (AvgIpc) is 3.35. The first-order valence-corrected chi connectivity index (χ1v) is 28.1. The molecule has 13 aromatic carbocycles. The summed E-state index contributed by atoms with van der Waals surface area (Å²) in [5, 5.41) is 13.8. The molecule has 4 aromatic heterocycles. The molecule has 0 bridgehead atoms. The van der Waals surface area contributed by atoms with Crippen LogP contribution in [0.25, 0.3) is 120 Å². The molecule has 0 saturated carbocycles. The molecule has 0 aliphatic carbocycles. The summed E-state index contributed by atoms with van der Waals surface area (Å²) >= 11 is 0. The quantitative estimate of drug-likeness (QED) is 0.152. The number of para-hydroxylation sites is 6. The number of nitrogens with zero attached hydrogens (tertiary/aromatic N) is 4. The summed E-state index contributed by atoms with van der Waals surface area (Å²) in [5.41, 5.74) is 18.9. The highest BCUT2D eigenvalue weighted by Gasteiger charge is 2.27. The monoisotopic (exact) mass is 1050 g/mol. The fraction of sp³-hybridized carbons (Fsp3) is 0.0263. The van der Waals surface area contributed by atoms with E-state index < -0.39 is 0 Å². The molecule has 0 saturated heterocycles. The van der Waals surface area contributed by atoms with Gasteiger partial charge in [0.25, 0.3) is 0 Å². The fourth-order valence-corrected chi connectivity index (χ4v) is 13.4. The molecule has 0 aliphatic rings. The summed E-state index contributed by atoms with van der Waals surface area (Å²) in [6.07, 6.45) is 0. The third-order valence-electron chi connectivity index (χ3n) is 16.9. The molecule has 0 aliphatic heterocycles. The molecule has 17 rings (SSSR count). The molecule has 386 valence electrons. The highest BCUT2D eigenvalue weighted by atomic mass is 16.3. The van der Waals surface area contributed by atoms with Gasteiger partial charge in [0.1, 0.15) is 11.2 Å². The van der Waals surface area contributed by atoms with Crippen molar-refractivity contribution in [2.24, 2.45) is 0 Å². The van der Waals surface area contributed by atoms with Gasteiger partial charge in [0, 0.05) is 88.0 Å². The first-order chi connectivity index (χ1) is 40.5. The topological polar surface area (TPSA) is 42.6 Å². The Balaban J connectivity index is 0.912. The van der Waals surface area contributed by atoms with Crippen molar-refractivity contribution in [3.63, 3.8) is 0 Å². The molecule has 0 radical (unpaired) electrons. The molecule has 0 spiro atoms. The van der Waals surface area contributed by atoms with Crippen LogP contribution in [0.2, 0.25) is 0 Å². The van der Waals surface area contributed by atoms with Crippen molar-refractivity contribution in [1.29, 1.82) is 0 Å². The minimum absolute atomic E-state index is 0.858. The second-order valence-corrected chi connectivity index (χ2v) is 21.8. The minimum Gasteiger partial charge on any atom is -0.454 e. The van der Waals surface area contributed by atoms with Gasteiger partial charge in [-0.05, 0) is 133 Å². The molecule has 0 N–H and O–H groups in total. The van der Waals surface area contributed by atoms with Crippen LogP contribution in [0, 0.1) is 13.8 Å². The summed E-state index contributed by atoms with van der Waals surface area (Å²) in [5.74, 6) is 0. The van der Waals surface area contributed by atoms with E-state index in [0.717, 1.165) is 133 Å². The van der Waals surface area contributed by atoms with Crippen molar-refractivity contribution in [3.8, 4) is 11.4 Å². The number of rotatable bonds is 8. The van der Waals surface area contributed by atoms with Crippen molar-refractivity contribution in [1.82, 2.24) is 9.13 Å². The smallest absolute Gasteiger partial charge is 0.159 e. The van der Waals surface area contributed by atoms with E-state index in [-0.39, 0.29) is 0 Å². The van der Waals surface area contributed by atoms with E-state index in [1.807, 2.05) is 12.1 Å². The molecule has 6 heteroatoms. The van der Waals surface area contributed by atoms with Crippen molar-refractivity contribution in [2.75, 3.05) is 9.80 Å². The highest BCUT2D eigenvalue weighted by Crippen LogP contribution is 2.49. The predicted molar refractivity (Wildman–Crippen MR) is 344 cm³/mol. The van der Waals surface area contributed by atoms with Crippen LogP contribution in [-0.4, -0.2) is 9.13 Å². The van der Waals surface area contributed by atoms with E-state index in [4.69, 9.17) is 8.83 Å². The Morgan fingerprint density at radius 2 is 0.634 bits per heavy atom. The SMILES string of the molecule is Cc1cccc(N(c2ccc3c(ccc4c5ccc6c7ccc8cc(N(c9cccc(C)c9)c9cccc%10c9oc9ccccc9%10)ccc8c7n(-c7ccccc7)c6c5n(-c5ccccc5)c34)c2)c2cccc3c2oc2ccccc23)c1. The predicted octanol–water partition coefficient (Wildman–Crippen LogP) is 21.5. The maximum atomic E-state index is 6.72. The van der Waals surface area contributed by atoms with Crippen molar-refractivity contribution in [3.05, 3.63) is 278 Å². The Labute approximate surface area is 471 Å². The Morgan fingerprint density at radius 1 is 0.268 bits per heavy atom. The molecule has 0 atom stereocenters. The third kappa shape index (κ3) is 6.88. The van der Waals surface area contributed by atoms with Crippen LogP contribution in [0.15, 0.2) is 276 Å². The molecule has 17 aromatic rings. The maximum absolute atomic E-state index is 6.72. The van der Waals surface area contributed by atoms with Gasteiger partial charge in [-0.3, -0.25) is 0 Å². The summed E-state index contributed by atoms with van der Waals surface area (Å²) in [6, 6.07) is 96.9. The normalized spacial score (nSPS) is 12.0. The Morgan fingerprint density at radius 3 is 1.09 bits per heavy atom. The van der Waals surface area contributed by atoms with Crippen LogP contribution in [-0.2, 0) is 0 Å². The number of furan rings is 2. The summed E-state index contributed by atoms with van der Waals surface area (Å²) in [6.45, 7) is 4.31. The number of aryl methyl sites for hydroxylation is 2. The van der Waals surface area contributed by atoms with Crippen molar-refractivity contribution < 1.29 is 8.83 Å². The molecule has 0 amide bonds. The van der Waals surface area contributed by atoms with Crippen LogP contribution in [0.4, 0.5) is 34.1 Å². The Kier molecular flexibility index (Phi) is 10.0. The lowest BCUT2D eigenvalue weighted by Crippen LogP contribution is -2.10. The first kappa shape index (κ1) is 46.1. The van der Waals surface area contributed by atoms with Gasteiger partial charge >= 0.3 is 0 Å². The van der Waals surface area contributed by atoms with Crippen molar-refractivity contribution >= 4 is 143 Å². The number of aromatic nitrogens is 2. The molecule has 0 unspecified atom stereocenters. The van der Waals surface area contributed by atoms with E-state index in [9.17, 15) is 0 Å². The van der Waals surface area contributed by atoms with Gasteiger partial charge in [-0.15, -0.1) is 0 Å². The lowest BCUT2D eigenvalue weighted by Gasteiger charge is -2.26. The number of fused-ring (bicyclic) bond motifs is 17. The molecular formula is C76H50N4O2. The van der Waals surface area contributed by atoms with Gasteiger partial charge in [-0.1, -0.05) is 170 Å². The van der Waals surface area contributed by atoms with Gasteiger partial charge in [0.05, 0.1) is 33.4 Å². The van der Waals surface area contributed by atoms with E-state index in [1.165, 1.54) is 32.7 Å². The maximum Gasteiger partial charge on any atom is 0.159 e. The van der Waals surface area contributed by atoms with Gasteiger partial charge in [-0.25, -0.2) is 0 Å². The lowest BCUT2D eigenvalue weighted by atomic mass is 10.0. The van der Waals surface area contributed by atoms with Crippen molar-refractivity contribution in [2.45, 2.75) is 13.8 Å². The molecule has 4 heterocycles. The van der Waals surface area contributed by atoms with Crippen LogP contribution < -0.4 is 9.80 Å². The second-order valence-electron chi connectivity index (χ2n) is 21.8. The number of hydrogen-bond donors (Lipinski definition) is 0. The Hall–Kier alpha value is -10.8. The minimum atomic E-state index is 0.858. The highest BCUT2D eigenvalue weighted by molar-refractivity contribution is 6.29. The Bertz CT molecular complexity index is 5110. The second kappa shape index (κ2) is 17.8. The van der Waals surface area contributed by atoms with E-state index in [0.29, 0.717) is 0 Å². The van der Waals surface area contributed by atoms with Gasteiger partial charge < -0.3 is 27.8 Å². The van der Waals surface area contributed by atoms with Crippen LogP contribution in [0.3, 0.4) is 0 Å². The zero-order chi connectivity index (χ0) is 54.2. The number of anilines is 6. The number of hydrogen-bond acceptors (Lipinski definition) is 4.